The maximum Gasteiger partial charge on any atom is 0.329 e. The smallest absolute Gasteiger partial charge is 0.329 e. The Balaban J connectivity index is 1.95. The maximum atomic E-state index is 13.3. The summed E-state index contributed by atoms with van der Waals surface area (Å²) >= 11 is 0. The molecule has 3 aromatic rings. The summed E-state index contributed by atoms with van der Waals surface area (Å²) in [7, 11) is 1.30. The first-order valence-corrected chi connectivity index (χ1v) is 10.8. The van der Waals surface area contributed by atoms with Crippen LogP contribution in [0.1, 0.15) is 29.5 Å². The molecule has 2 atom stereocenters. The fourth-order valence-corrected chi connectivity index (χ4v) is 3.86. The van der Waals surface area contributed by atoms with Crippen LogP contribution in [0.4, 0.5) is 0 Å². The Hall–Kier alpha value is -3.93. The number of esters is 1. The molecule has 2 N–H and O–H groups in total. The Labute approximate surface area is 194 Å². The third-order valence-corrected chi connectivity index (χ3v) is 5.38. The van der Waals surface area contributed by atoms with Crippen LogP contribution in [0.15, 0.2) is 91.0 Å². The number of hydrogen-bond acceptors (Lipinski definition) is 4. The van der Waals surface area contributed by atoms with Gasteiger partial charge in [0.25, 0.3) is 0 Å². The number of carbonyl (C=O) groups is 3. The van der Waals surface area contributed by atoms with Crippen molar-refractivity contribution in [3.05, 3.63) is 108 Å². The number of rotatable bonds is 9. The lowest BCUT2D eigenvalue weighted by atomic mass is 9.84. The number of amides is 2. The third-order valence-electron chi connectivity index (χ3n) is 5.38. The number of nitrogens with one attached hydrogen (secondary N) is 2. The first kappa shape index (κ1) is 23.7. The zero-order chi connectivity index (χ0) is 23.6. The Morgan fingerprint density at radius 1 is 0.758 bits per heavy atom. The average molecular weight is 445 g/mol. The SMILES string of the molecule is COC(=O)[C@H](NC(=O)[C@@H](Cc1ccccc1)NC(C)=O)C(c1ccccc1)c1ccccc1. The summed E-state index contributed by atoms with van der Waals surface area (Å²) in [5, 5.41) is 5.57. The first-order valence-electron chi connectivity index (χ1n) is 10.8. The highest BCUT2D eigenvalue weighted by Crippen LogP contribution is 2.29. The highest BCUT2D eigenvalue weighted by atomic mass is 16.5. The predicted octanol–water partition coefficient (Wildman–Crippen LogP) is 3.22. The molecule has 0 fully saturated rings. The monoisotopic (exact) mass is 444 g/mol. The molecule has 0 saturated carbocycles. The number of hydrogen-bond donors (Lipinski definition) is 2. The first-order chi connectivity index (χ1) is 16.0. The molecule has 33 heavy (non-hydrogen) atoms. The summed E-state index contributed by atoms with van der Waals surface area (Å²) in [6.07, 6.45) is 0.293. The van der Waals surface area contributed by atoms with Crippen molar-refractivity contribution in [2.24, 2.45) is 0 Å². The lowest BCUT2D eigenvalue weighted by Gasteiger charge is -2.29. The van der Waals surface area contributed by atoms with Crippen LogP contribution in [0, 0.1) is 0 Å². The van der Waals surface area contributed by atoms with Crippen LogP contribution in [-0.4, -0.2) is 37.0 Å². The zero-order valence-corrected chi connectivity index (χ0v) is 18.7. The fourth-order valence-electron chi connectivity index (χ4n) is 3.86. The summed E-state index contributed by atoms with van der Waals surface area (Å²) in [4.78, 5) is 38.1. The van der Waals surface area contributed by atoms with E-state index in [1.165, 1.54) is 14.0 Å². The molecule has 0 aliphatic heterocycles. The number of benzene rings is 3. The number of methoxy groups -OCH3 is 1. The van der Waals surface area contributed by atoms with Crippen molar-refractivity contribution >= 4 is 17.8 Å². The molecular weight excluding hydrogens is 416 g/mol. The molecule has 0 bridgehead atoms. The topological polar surface area (TPSA) is 84.5 Å². The van der Waals surface area contributed by atoms with E-state index >= 15 is 0 Å². The second kappa shape index (κ2) is 11.6. The normalized spacial score (nSPS) is 12.5. The summed E-state index contributed by atoms with van der Waals surface area (Å²) < 4.78 is 5.08. The minimum absolute atomic E-state index is 0.293. The van der Waals surface area contributed by atoms with Crippen LogP contribution in [-0.2, 0) is 25.5 Å². The Bertz CT molecular complexity index is 1020. The average Bonchev–Trinajstić information content (AvgIpc) is 2.84. The Kier molecular flexibility index (Phi) is 8.36. The second-order valence-electron chi connectivity index (χ2n) is 7.75. The van der Waals surface area contributed by atoms with E-state index in [1.54, 1.807) is 0 Å². The van der Waals surface area contributed by atoms with E-state index in [9.17, 15) is 14.4 Å². The van der Waals surface area contributed by atoms with Crippen LogP contribution in [0.5, 0.6) is 0 Å². The molecule has 0 aliphatic rings. The van der Waals surface area contributed by atoms with Crippen molar-refractivity contribution in [1.82, 2.24) is 10.6 Å². The van der Waals surface area contributed by atoms with E-state index in [1.807, 2.05) is 91.0 Å². The lowest BCUT2D eigenvalue weighted by molar-refractivity contribution is -0.145. The summed E-state index contributed by atoms with van der Waals surface area (Å²) in [6.45, 7) is 1.36. The molecule has 0 spiro atoms. The van der Waals surface area contributed by atoms with Gasteiger partial charge in [-0.3, -0.25) is 9.59 Å². The predicted molar refractivity (Wildman–Crippen MR) is 126 cm³/mol. The van der Waals surface area contributed by atoms with Gasteiger partial charge < -0.3 is 15.4 Å². The van der Waals surface area contributed by atoms with Gasteiger partial charge in [-0.1, -0.05) is 91.0 Å². The van der Waals surface area contributed by atoms with Crippen molar-refractivity contribution in [2.75, 3.05) is 7.11 Å². The molecule has 0 saturated heterocycles. The molecule has 0 unspecified atom stereocenters. The van der Waals surface area contributed by atoms with Crippen LogP contribution in [0.25, 0.3) is 0 Å². The van der Waals surface area contributed by atoms with Gasteiger partial charge >= 0.3 is 5.97 Å². The highest BCUT2D eigenvalue weighted by molar-refractivity contribution is 5.91. The van der Waals surface area contributed by atoms with Gasteiger partial charge in [-0.2, -0.15) is 0 Å². The van der Waals surface area contributed by atoms with E-state index in [-0.39, 0.29) is 5.91 Å². The minimum Gasteiger partial charge on any atom is -0.467 e. The Morgan fingerprint density at radius 3 is 1.70 bits per heavy atom. The highest BCUT2D eigenvalue weighted by Gasteiger charge is 2.35. The summed E-state index contributed by atoms with van der Waals surface area (Å²) in [5.41, 5.74) is 2.61. The molecule has 0 aliphatic carbocycles. The van der Waals surface area contributed by atoms with Gasteiger partial charge in [0, 0.05) is 19.3 Å². The van der Waals surface area contributed by atoms with E-state index < -0.39 is 29.9 Å². The van der Waals surface area contributed by atoms with E-state index in [0.29, 0.717) is 6.42 Å². The molecule has 2 amide bonds. The Morgan fingerprint density at radius 2 is 1.24 bits per heavy atom. The van der Waals surface area contributed by atoms with Crippen molar-refractivity contribution in [2.45, 2.75) is 31.3 Å². The van der Waals surface area contributed by atoms with Gasteiger partial charge in [0.1, 0.15) is 12.1 Å². The van der Waals surface area contributed by atoms with Crippen LogP contribution >= 0.6 is 0 Å². The quantitative estimate of drug-likeness (QED) is 0.497. The van der Waals surface area contributed by atoms with Crippen molar-refractivity contribution < 1.29 is 19.1 Å². The lowest BCUT2D eigenvalue weighted by Crippen LogP contribution is -2.54. The van der Waals surface area contributed by atoms with Gasteiger partial charge in [0.15, 0.2) is 0 Å². The fraction of sp³-hybridized carbons (Fsp3) is 0.222. The molecule has 0 aromatic heterocycles. The molecular formula is C27H28N2O4. The maximum absolute atomic E-state index is 13.3. The van der Waals surface area contributed by atoms with Gasteiger partial charge in [0.2, 0.25) is 11.8 Å². The third kappa shape index (κ3) is 6.53. The standard InChI is InChI=1S/C27H28N2O4/c1-19(30)28-23(18-20-12-6-3-7-13-20)26(31)29-25(27(32)33-2)24(21-14-8-4-9-15-21)22-16-10-5-11-17-22/h3-17,23-25H,18H2,1-2H3,(H,28,30)(H,29,31)/t23-,25-/m1/s1. The van der Waals surface area contributed by atoms with Gasteiger partial charge in [-0.05, 0) is 16.7 Å². The molecule has 170 valence electrons. The zero-order valence-electron chi connectivity index (χ0n) is 18.7. The second-order valence-corrected chi connectivity index (χ2v) is 7.75. The van der Waals surface area contributed by atoms with E-state index in [0.717, 1.165) is 16.7 Å². The largest absolute Gasteiger partial charge is 0.467 e. The molecule has 6 heteroatoms. The molecule has 0 heterocycles. The van der Waals surface area contributed by atoms with E-state index in [2.05, 4.69) is 10.6 Å². The van der Waals surface area contributed by atoms with Crippen molar-refractivity contribution in [3.8, 4) is 0 Å². The summed E-state index contributed by atoms with van der Waals surface area (Å²) in [5.74, 6) is -1.83. The van der Waals surface area contributed by atoms with Gasteiger partial charge in [-0.15, -0.1) is 0 Å². The van der Waals surface area contributed by atoms with Crippen LogP contribution < -0.4 is 10.6 Å². The van der Waals surface area contributed by atoms with E-state index in [4.69, 9.17) is 4.74 Å². The van der Waals surface area contributed by atoms with Gasteiger partial charge in [-0.25, -0.2) is 4.79 Å². The van der Waals surface area contributed by atoms with Crippen LogP contribution in [0.2, 0.25) is 0 Å². The molecule has 0 radical (unpaired) electrons. The van der Waals surface area contributed by atoms with Gasteiger partial charge in [0.05, 0.1) is 7.11 Å². The number of carbonyl (C=O) groups excluding carboxylic acids is 3. The van der Waals surface area contributed by atoms with Crippen LogP contribution in [0.3, 0.4) is 0 Å². The minimum atomic E-state index is -0.987. The molecule has 6 nitrogen and oxygen atoms in total. The number of ether oxygens (including phenoxy) is 1. The van der Waals surface area contributed by atoms with Crippen molar-refractivity contribution in [3.63, 3.8) is 0 Å². The van der Waals surface area contributed by atoms with Crippen molar-refractivity contribution in [1.29, 1.82) is 0 Å². The summed E-state index contributed by atoms with van der Waals surface area (Å²) in [6, 6.07) is 26.5. The molecule has 3 aromatic carbocycles. The molecule has 3 rings (SSSR count).